The molecule has 1 aromatic carbocycles. The second kappa shape index (κ2) is 7.78. The molecule has 1 unspecified atom stereocenters. The van der Waals surface area contributed by atoms with Crippen LogP contribution < -0.4 is 4.74 Å². The standard InChI is InChI=1S/C17H19BrFNO4S/c1-3-24-16(22)12(17(25,8-20)9-4-5-9)14(21)10-6-7-11(18)15(23-2)13(10)19/h6-9,20-21,25H,3-5H2,1-2H3/b14-12+,20-8?. The fourth-order valence-corrected chi connectivity index (χ4v) is 3.53. The van der Waals surface area contributed by atoms with Crippen molar-refractivity contribution in [1.82, 2.24) is 0 Å². The molecule has 0 aromatic heterocycles. The molecule has 1 atom stereocenters. The number of benzene rings is 1. The zero-order valence-electron chi connectivity index (χ0n) is 13.8. The Hall–Kier alpha value is -1.54. The van der Waals surface area contributed by atoms with Gasteiger partial charge >= 0.3 is 5.97 Å². The molecule has 136 valence electrons. The first-order valence-corrected chi connectivity index (χ1v) is 8.92. The molecule has 1 aliphatic rings. The second-order valence-electron chi connectivity index (χ2n) is 5.63. The molecule has 0 amide bonds. The minimum atomic E-state index is -1.33. The van der Waals surface area contributed by atoms with Crippen LogP contribution in [0.4, 0.5) is 4.39 Å². The van der Waals surface area contributed by atoms with Gasteiger partial charge in [-0.3, -0.25) is 0 Å². The Morgan fingerprint density at radius 2 is 2.20 bits per heavy atom. The summed E-state index contributed by atoms with van der Waals surface area (Å²) in [6.07, 6.45) is 2.49. The molecule has 5 nitrogen and oxygen atoms in total. The van der Waals surface area contributed by atoms with Crippen molar-refractivity contribution in [2.24, 2.45) is 5.92 Å². The molecule has 0 bridgehead atoms. The van der Waals surface area contributed by atoms with Gasteiger partial charge in [0.25, 0.3) is 0 Å². The average Bonchev–Trinajstić information content (AvgIpc) is 3.40. The van der Waals surface area contributed by atoms with Crippen LogP contribution in [0, 0.1) is 17.1 Å². The van der Waals surface area contributed by atoms with E-state index < -0.39 is 22.3 Å². The van der Waals surface area contributed by atoms with E-state index in [-0.39, 0.29) is 29.4 Å². The van der Waals surface area contributed by atoms with Gasteiger partial charge in [-0.2, -0.15) is 12.6 Å². The summed E-state index contributed by atoms with van der Waals surface area (Å²) in [5.41, 5.74) is -0.456. The van der Waals surface area contributed by atoms with Crippen molar-refractivity contribution in [2.45, 2.75) is 24.5 Å². The van der Waals surface area contributed by atoms with Gasteiger partial charge < -0.3 is 20.0 Å². The summed E-state index contributed by atoms with van der Waals surface area (Å²) in [6.45, 7) is 1.70. The maximum atomic E-state index is 14.7. The number of halogens is 2. The molecule has 1 fully saturated rings. The zero-order chi connectivity index (χ0) is 18.8. The highest BCUT2D eigenvalue weighted by Gasteiger charge is 2.49. The van der Waals surface area contributed by atoms with Gasteiger partial charge in [-0.1, -0.05) is 0 Å². The first-order chi connectivity index (χ1) is 11.8. The molecule has 25 heavy (non-hydrogen) atoms. The Balaban J connectivity index is 2.70. The molecule has 0 aliphatic heterocycles. The van der Waals surface area contributed by atoms with Gasteiger partial charge in [0.05, 0.1) is 28.5 Å². The predicted molar refractivity (Wildman–Crippen MR) is 100 cm³/mol. The molecule has 2 rings (SSSR count). The Morgan fingerprint density at radius 1 is 1.56 bits per heavy atom. The van der Waals surface area contributed by atoms with Crippen molar-refractivity contribution < 1.29 is 23.8 Å². The van der Waals surface area contributed by atoms with Crippen LogP contribution >= 0.6 is 28.6 Å². The molecule has 2 N–H and O–H groups in total. The van der Waals surface area contributed by atoms with E-state index in [1.165, 1.54) is 19.2 Å². The number of hydrogen-bond acceptors (Lipinski definition) is 6. The first-order valence-electron chi connectivity index (χ1n) is 7.68. The zero-order valence-corrected chi connectivity index (χ0v) is 16.3. The van der Waals surface area contributed by atoms with E-state index in [4.69, 9.17) is 14.9 Å². The number of aliphatic hydroxyl groups excluding tert-OH is 1. The summed E-state index contributed by atoms with van der Waals surface area (Å²) in [5.74, 6) is -2.46. The monoisotopic (exact) mass is 431 g/mol. The van der Waals surface area contributed by atoms with Crippen molar-refractivity contribution in [3.05, 3.63) is 33.6 Å². The van der Waals surface area contributed by atoms with E-state index in [9.17, 15) is 14.3 Å². The number of ether oxygens (including phenoxy) is 2. The van der Waals surface area contributed by atoms with E-state index in [0.717, 1.165) is 19.1 Å². The summed E-state index contributed by atoms with van der Waals surface area (Å²) in [7, 11) is 1.30. The average molecular weight is 432 g/mol. The van der Waals surface area contributed by atoms with Gasteiger partial charge in [-0.15, -0.1) is 0 Å². The molecule has 0 spiro atoms. The maximum Gasteiger partial charge on any atom is 0.339 e. The summed E-state index contributed by atoms with van der Waals surface area (Å²) in [6, 6.07) is 2.82. The molecular weight excluding hydrogens is 413 g/mol. The van der Waals surface area contributed by atoms with E-state index >= 15 is 0 Å². The minimum absolute atomic E-state index is 0.0777. The number of carbonyl (C=O) groups excluding carboxylic acids is 1. The fraction of sp³-hybridized carbons (Fsp3) is 0.412. The Kier molecular flexibility index (Phi) is 6.16. The van der Waals surface area contributed by atoms with Crippen molar-refractivity contribution in [3.8, 4) is 5.75 Å². The lowest BCUT2D eigenvalue weighted by Crippen LogP contribution is -2.35. The van der Waals surface area contributed by atoms with Crippen LogP contribution in [0.5, 0.6) is 5.75 Å². The topological polar surface area (TPSA) is 79.6 Å². The van der Waals surface area contributed by atoms with Crippen LogP contribution in [0.25, 0.3) is 5.76 Å². The van der Waals surface area contributed by atoms with E-state index in [1.54, 1.807) is 6.92 Å². The van der Waals surface area contributed by atoms with Crippen LogP contribution in [0.2, 0.25) is 0 Å². The number of esters is 1. The normalized spacial score (nSPS) is 17.3. The summed E-state index contributed by atoms with van der Waals surface area (Å²) in [5, 5.41) is 18.5. The largest absolute Gasteiger partial charge is 0.507 e. The lowest BCUT2D eigenvalue weighted by molar-refractivity contribution is -0.138. The Labute approximate surface area is 159 Å². The number of aliphatic hydroxyl groups is 1. The van der Waals surface area contributed by atoms with Crippen LogP contribution in [-0.4, -0.2) is 35.8 Å². The maximum absolute atomic E-state index is 14.7. The SMILES string of the molecule is CCOC(=O)/C(=C(\O)c1ccc(Br)c(OC)c1F)C(S)(C=N)C1CC1. The smallest absolute Gasteiger partial charge is 0.339 e. The number of nitrogens with one attached hydrogen (secondary N) is 1. The molecule has 0 saturated heterocycles. The lowest BCUT2D eigenvalue weighted by Gasteiger charge is -2.27. The Bertz CT molecular complexity index is 736. The van der Waals surface area contributed by atoms with Crippen LogP contribution in [0.3, 0.4) is 0 Å². The number of carbonyl (C=O) groups is 1. The van der Waals surface area contributed by atoms with Crippen LogP contribution in [-0.2, 0) is 9.53 Å². The highest BCUT2D eigenvalue weighted by molar-refractivity contribution is 9.10. The fourth-order valence-electron chi connectivity index (χ4n) is 2.61. The molecule has 1 saturated carbocycles. The van der Waals surface area contributed by atoms with Gasteiger partial charge in [0, 0.05) is 6.21 Å². The van der Waals surface area contributed by atoms with Crippen molar-refractivity contribution in [3.63, 3.8) is 0 Å². The van der Waals surface area contributed by atoms with Crippen molar-refractivity contribution >= 4 is 46.5 Å². The van der Waals surface area contributed by atoms with Crippen molar-refractivity contribution in [2.75, 3.05) is 13.7 Å². The summed E-state index contributed by atoms with van der Waals surface area (Å²) in [4.78, 5) is 12.5. The summed E-state index contributed by atoms with van der Waals surface area (Å²) < 4.78 is 23.8. The highest BCUT2D eigenvalue weighted by atomic mass is 79.9. The lowest BCUT2D eigenvalue weighted by atomic mass is 9.90. The van der Waals surface area contributed by atoms with Gasteiger partial charge in [0.1, 0.15) is 11.3 Å². The van der Waals surface area contributed by atoms with Gasteiger partial charge in [0.2, 0.25) is 0 Å². The molecule has 1 aromatic rings. The number of hydrogen-bond donors (Lipinski definition) is 3. The highest BCUT2D eigenvalue weighted by Crippen LogP contribution is 2.49. The number of methoxy groups -OCH3 is 1. The van der Waals surface area contributed by atoms with E-state index in [1.807, 2.05) is 0 Å². The molecule has 1 aliphatic carbocycles. The summed E-state index contributed by atoms with van der Waals surface area (Å²) >= 11 is 7.63. The van der Waals surface area contributed by atoms with Crippen LogP contribution in [0.15, 0.2) is 22.2 Å². The molecule has 0 radical (unpaired) electrons. The third-order valence-corrected chi connectivity index (χ3v) is 5.39. The third-order valence-electron chi connectivity index (χ3n) is 4.04. The number of thiol groups is 1. The van der Waals surface area contributed by atoms with Crippen LogP contribution in [0.1, 0.15) is 25.3 Å². The Morgan fingerprint density at radius 3 is 2.68 bits per heavy atom. The predicted octanol–water partition coefficient (Wildman–Crippen LogP) is 4.16. The van der Waals surface area contributed by atoms with Crippen molar-refractivity contribution in [1.29, 1.82) is 5.41 Å². The quantitative estimate of drug-likeness (QED) is 0.199. The van der Waals surface area contributed by atoms with Gasteiger partial charge in [0.15, 0.2) is 11.6 Å². The molecule has 8 heteroatoms. The minimum Gasteiger partial charge on any atom is -0.507 e. The van der Waals surface area contributed by atoms with E-state index in [2.05, 4.69) is 28.6 Å². The third kappa shape index (κ3) is 3.69. The van der Waals surface area contributed by atoms with Gasteiger partial charge in [-0.05, 0) is 53.7 Å². The molecular formula is C17H19BrFNO4S. The van der Waals surface area contributed by atoms with E-state index in [0.29, 0.717) is 4.47 Å². The number of rotatable bonds is 7. The molecule has 0 heterocycles. The first kappa shape index (κ1) is 19.8. The second-order valence-corrected chi connectivity index (χ2v) is 7.22. The van der Waals surface area contributed by atoms with Gasteiger partial charge in [-0.25, -0.2) is 9.18 Å².